The van der Waals surface area contributed by atoms with Gasteiger partial charge in [-0.25, -0.2) is 0 Å². The second-order valence-electron chi connectivity index (χ2n) is 4.93. The standard InChI is InChI=1S/C16H15N3O2/c1-19(10-11-3-2-6-18-9-11)16(20)15-8-12-7-13(17)4-5-14(12)21-15/h2-9H,10,17H2,1H3. The van der Waals surface area contributed by atoms with Crippen molar-refractivity contribution in [3.05, 3.63) is 60.1 Å². The summed E-state index contributed by atoms with van der Waals surface area (Å²) in [6.07, 6.45) is 3.44. The van der Waals surface area contributed by atoms with E-state index in [4.69, 9.17) is 10.2 Å². The highest BCUT2D eigenvalue weighted by Gasteiger charge is 2.17. The molecule has 2 heterocycles. The van der Waals surface area contributed by atoms with E-state index in [2.05, 4.69) is 4.98 Å². The van der Waals surface area contributed by atoms with Crippen molar-refractivity contribution in [2.45, 2.75) is 6.54 Å². The van der Waals surface area contributed by atoms with Gasteiger partial charge in [-0.1, -0.05) is 6.07 Å². The van der Waals surface area contributed by atoms with E-state index < -0.39 is 0 Å². The van der Waals surface area contributed by atoms with Crippen LogP contribution in [0.15, 0.2) is 53.2 Å². The van der Waals surface area contributed by atoms with Gasteiger partial charge in [-0.2, -0.15) is 0 Å². The van der Waals surface area contributed by atoms with Crippen LogP contribution >= 0.6 is 0 Å². The molecule has 0 saturated heterocycles. The summed E-state index contributed by atoms with van der Waals surface area (Å²) in [7, 11) is 1.73. The molecule has 0 atom stereocenters. The number of aromatic nitrogens is 1. The third-order valence-corrected chi connectivity index (χ3v) is 3.24. The number of carbonyl (C=O) groups excluding carboxylic acids is 1. The lowest BCUT2D eigenvalue weighted by molar-refractivity contribution is 0.0756. The molecule has 0 unspecified atom stereocenters. The zero-order valence-electron chi connectivity index (χ0n) is 11.6. The predicted octanol–water partition coefficient (Wildman–Crippen LogP) is 2.68. The normalized spacial score (nSPS) is 10.7. The molecule has 0 aliphatic rings. The SMILES string of the molecule is CN(Cc1cccnc1)C(=O)c1cc2cc(N)ccc2o1. The molecule has 1 aromatic carbocycles. The van der Waals surface area contributed by atoms with Crippen LogP contribution in [0.4, 0.5) is 5.69 Å². The van der Waals surface area contributed by atoms with Gasteiger partial charge < -0.3 is 15.1 Å². The zero-order chi connectivity index (χ0) is 14.8. The number of amides is 1. The number of carbonyl (C=O) groups is 1. The Morgan fingerprint density at radius 2 is 2.19 bits per heavy atom. The molecule has 21 heavy (non-hydrogen) atoms. The molecule has 0 spiro atoms. The Morgan fingerprint density at radius 1 is 1.33 bits per heavy atom. The fraction of sp³-hybridized carbons (Fsp3) is 0.125. The average Bonchev–Trinajstić information content (AvgIpc) is 2.90. The highest BCUT2D eigenvalue weighted by Crippen LogP contribution is 2.22. The first-order chi connectivity index (χ1) is 10.1. The number of rotatable bonds is 3. The second-order valence-corrected chi connectivity index (χ2v) is 4.93. The van der Waals surface area contributed by atoms with Gasteiger partial charge in [-0.05, 0) is 35.9 Å². The van der Waals surface area contributed by atoms with E-state index >= 15 is 0 Å². The summed E-state index contributed by atoms with van der Waals surface area (Å²) in [6, 6.07) is 10.8. The maximum Gasteiger partial charge on any atom is 0.289 e. The molecule has 106 valence electrons. The number of furan rings is 1. The van der Waals surface area contributed by atoms with E-state index in [0.717, 1.165) is 10.9 Å². The Bertz CT molecular complexity index is 781. The number of nitrogens with zero attached hydrogens (tertiary/aromatic N) is 2. The molecule has 2 N–H and O–H groups in total. The Labute approximate surface area is 122 Å². The number of hydrogen-bond donors (Lipinski definition) is 1. The lowest BCUT2D eigenvalue weighted by atomic mass is 10.2. The summed E-state index contributed by atoms with van der Waals surface area (Å²) in [5.41, 5.74) is 7.99. The van der Waals surface area contributed by atoms with Gasteiger partial charge in [-0.15, -0.1) is 0 Å². The first-order valence-electron chi connectivity index (χ1n) is 6.57. The summed E-state index contributed by atoms with van der Waals surface area (Å²) < 4.78 is 5.58. The number of fused-ring (bicyclic) bond motifs is 1. The molecule has 0 bridgehead atoms. The molecule has 2 aromatic heterocycles. The van der Waals surface area contributed by atoms with Crippen molar-refractivity contribution in [2.75, 3.05) is 12.8 Å². The number of nitrogens with two attached hydrogens (primary N) is 1. The van der Waals surface area contributed by atoms with Gasteiger partial charge in [-0.3, -0.25) is 9.78 Å². The minimum Gasteiger partial charge on any atom is -0.451 e. The first kappa shape index (κ1) is 13.2. The van der Waals surface area contributed by atoms with E-state index in [1.807, 2.05) is 12.1 Å². The van der Waals surface area contributed by atoms with Gasteiger partial charge in [0.05, 0.1) is 0 Å². The lowest BCUT2D eigenvalue weighted by Gasteiger charge is -2.15. The molecule has 3 rings (SSSR count). The van der Waals surface area contributed by atoms with Crippen molar-refractivity contribution in [3.63, 3.8) is 0 Å². The van der Waals surface area contributed by atoms with Crippen LogP contribution in [0, 0.1) is 0 Å². The van der Waals surface area contributed by atoms with Crippen LogP contribution in [-0.4, -0.2) is 22.8 Å². The van der Waals surface area contributed by atoms with E-state index in [-0.39, 0.29) is 5.91 Å². The van der Waals surface area contributed by atoms with E-state index in [9.17, 15) is 4.79 Å². The van der Waals surface area contributed by atoms with Crippen LogP contribution in [0.2, 0.25) is 0 Å². The molecule has 0 aliphatic carbocycles. The topological polar surface area (TPSA) is 72.4 Å². The van der Waals surface area contributed by atoms with E-state index in [1.54, 1.807) is 48.6 Å². The fourth-order valence-electron chi connectivity index (χ4n) is 2.19. The first-order valence-corrected chi connectivity index (χ1v) is 6.57. The minimum absolute atomic E-state index is 0.173. The summed E-state index contributed by atoms with van der Waals surface area (Å²) in [5, 5.41) is 0.827. The highest BCUT2D eigenvalue weighted by atomic mass is 16.3. The molecule has 0 fully saturated rings. The molecule has 3 aromatic rings. The van der Waals surface area contributed by atoms with Gasteiger partial charge in [0, 0.05) is 37.1 Å². The number of benzene rings is 1. The van der Waals surface area contributed by atoms with Crippen molar-refractivity contribution < 1.29 is 9.21 Å². The van der Waals surface area contributed by atoms with Crippen LogP contribution < -0.4 is 5.73 Å². The quantitative estimate of drug-likeness (QED) is 0.749. The van der Waals surface area contributed by atoms with Crippen LogP contribution in [0.1, 0.15) is 16.1 Å². The van der Waals surface area contributed by atoms with Crippen molar-refractivity contribution in [3.8, 4) is 0 Å². The fourth-order valence-corrected chi connectivity index (χ4v) is 2.19. The van der Waals surface area contributed by atoms with E-state index in [0.29, 0.717) is 23.6 Å². The van der Waals surface area contributed by atoms with Gasteiger partial charge in [0.25, 0.3) is 5.91 Å². The van der Waals surface area contributed by atoms with Crippen molar-refractivity contribution in [1.82, 2.24) is 9.88 Å². The largest absolute Gasteiger partial charge is 0.451 e. The van der Waals surface area contributed by atoms with Crippen molar-refractivity contribution >= 4 is 22.6 Å². The van der Waals surface area contributed by atoms with Crippen molar-refractivity contribution in [2.24, 2.45) is 0 Å². The Kier molecular flexibility index (Phi) is 3.31. The molecular weight excluding hydrogens is 266 g/mol. The Morgan fingerprint density at radius 3 is 2.95 bits per heavy atom. The van der Waals surface area contributed by atoms with Crippen LogP contribution in [-0.2, 0) is 6.54 Å². The van der Waals surface area contributed by atoms with Gasteiger partial charge in [0.15, 0.2) is 5.76 Å². The molecule has 5 heteroatoms. The van der Waals surface area contributed by atoms with Crippen molar-refractivity contribution in [1.29, 1.82) is 0 Å². The maximum atomic E-state index is 12.4. The number of nitrogen functional groups attached to an aromatic ring is 1. The Balaban J connectivity index is 1.82. The molecule has 1 amide bonds. The second kappa shape index (κ2) is 5.28. The summed E-state index contributed by atoms with van der Waals surface area (Å²) in [4.78, 5) is 18.0. The third-order valence-electron chi connectivity index (χ3n) is 3.24. The number of pyridine rings is 1. The highest BCUT2D eigenvalue weighted by molar-refractivity contribution is 5.96. The van der Waals surface area contributed by atoms with E-state index in [1.165, 1.54) is 0 Å². The maximum absolute atomic E-state index is 12.4. The lowest BCUT2D eigenvalue weighted by Crippen LogP contribution is -2.25. The summed E-state index contributed by atoms with van der Waals surface area (Å²) in [5.74, 6) is 0.135. The van der Waals surface area contributed by atoms with Crippen LogP contribution in [0.3, 0.4) is 0 Å². The number of hydrogen-bond acceptors (Lipinski definition) is 4. The molecule has 0 saturated carbocycles. The minimum atomic E-state index is -0.173. The monoisotopic (exact) mass is 281 g/mol. The van der Waals surface area contributed by atoms with Gasteiger partial charge >= 0.3 is 0 Å². The molecule has 5 nitrogen and oxygen atoms in total. The molecule has 0 radical (unpaired) electrons. The van der Waals surface area contributed by atoms with Crippen LogP contribution in [0.25, 0.3) is 11.0 Å². The van der Waals surface area contributed by atoms with Gasteiger partial charge in [0.2, 0.25) is 0 Å². The number of anilines is 1. The Hall–Kier alpha value is -2.82. The van der Waals surface area contributed by atoms with Gasteiger partial charge in [0.1, 0.15) is 5.58 Å². The predicted molar refractivity (Wildman–Crippen MR) is 80.7 cm³/mol. The molecule has 0 aliphatic heterocycles. The molecular formula is C16H15N3O2. The van der Waals surface area contributed by atoms with Crippen LogP contribution in [0.5, 0.6) is 0 Å². The average molecular weight is 281 g/mol. The zero-order valence-corrected chi connectivity index (χ0v) is 11.6. The summed E-state index contributed by atoms with van der Waals surface area (Å²) >= 11 is 0. The third kappa shape index (κ3) is 2.72. The smallest absolute Gasteiger partial charge is 0.289 e. The summed E-state index contributed by atoms with van der Waals surface area (Å²) in [6.45, 7) is 0.478.